The Bertz CT molecular complexity index is 322. The van der Waals surface area contributed by atoms with Gasteiger partial charge in [0.2, 0.25) is 0 Å². The maximum atomic E-state index is 4.46. The molecule has 0 radical (unpaired) electrons. The Morgan fingerprint density at radius 2 is 1.86 bits per heavy atom. The lowest BCUT2D eigenvalue weighted by molar-refractivity contribution is 0.428. The van der Waals surface area contributed by atoms with Crippen LogP contribution in [0.5, 0.6) is 0 Å². The van der Waals surface area contributed by atoms with Crippen molar-refractivity contribution in [2.75, 3.05) is 0 Å². The Balaban J connectivity index is 2.18. The average molecular weight is 320 g/mol. The molecule has 2 rings (SSSR count). The molecule has 0 saturated heterocycles. The summed E-state index contributed by atoms with van der Waals surface area (Å²) in [4.78, 5) is 8.83. The van der Waals surface area contributed by atoms with Crippen molar-refractivity contribution in [2.45, 2.75) is 38.0 Å². The smallest absolute Gasteiger partial charge is 0.132 e. The summed E-state index contributed by atoms with van der Waals surface area (Å²) in [5.41, 5.74) is 0. The predicted molar refractivity (Wildman–Crippen MR) is 63.3 cm³/mol. The molecule has 0 unspecified atom stereocenters. The largest absolute Gasteiger partial charge is 0.240 e. The molecule has 0 aromatic carbocycles. The molecule has 1 aliphatic rings. The first-order chi connectivity index (χ1) is 6.77. The summed E-state index contributed by atoms with van der Waals surface area (Å²) in [6.45, 7) is 0. The molecule has 14 heavy (non-hydrogen) atoms. The first kappa shape index (κ1) is 10.6. The van der Waals surface area contributed by atoms with Crippen molar-refractivity contribution in [3.63, 3.8) is 0 Å². The maximum Gasteiger partial charge on any atom is 0.132 e. The van der Waals surface area contributed by atoms with Gasteiger partial charge >= 0.3 is 0 Å². The van der Waals surface area contributed by atoms with Crippen LogP contribution in [0.4, 0.5) is 0 Å². The molecule has 1 aromatic heterocycles. The summed E-state index contributed by atoms with van der Waals surface area (Å²) in [6.07, 6.45) is 8.33. The fourth-order valence-corrected chi connectivity index (χ4v) is 2.39. The lowest BCUT2D eigenvalue weighted by Gasteiger charge is -2.20. The number of hydrogen-bond donors (Lipinski definition) is 0. The maximum absolute atomic E-state index is 4.46. The number of nitrogens with zero attached hydrogens (tertiary/aromatic N) is 2. The predicted octanol–water partition coefficient (Wildman–Crippen LogP) is 4.05. The lowest BCUT2D eigenvalue weighted by Crippen LogP contribution is -2.08. The van der Waals surface area contributed by atoms with Crippen LogP contribution in [0.15, 0.2) is 15.3 Å². The number of halogens is 2. The van der Waals surface area contributed by atoms with Crippen LogP contribution in [0.2, 0.25) is 0 Å². The Morgan fingerprint density at radius 1 is 1.14 bits per heavy atom. The summed E-state index contributed by atoms with van der Waals surface area (Å²) < 4.78 is 1.80. The monoisotopic (exact) mass is 318 g/mol. The molecular weight excluding hydrogens is 308 g/mol. The first-order valence-corrected chi connectivity index (χ1v) is 6.54. The van der Waals surface area contributed by atoms with Crippen LogP contribution in [0.25, 0.3) is 0 Å². The number of hydrogen-bond acceptors (Lipinski definition) is 2. The third-order valence-corrected chi connectivity index (χ3v) is 4.41. The van der Waals surface area contributed by atoms with Crippen molar-refractivity contribution < 1.29 is 0 Å². The van der Waals surface area contributed by atoms with Gasteiger partial charge in [-0.15, -0.1) is 0 Å². The highest BCUT2D eigenvalue weighted by Gasteiger charge is 2.18. The van der Waals surface area contributed by atoms with E-state index in [1.165, 1.54) is 32.1 Å². The van der Waals surface area contributed by atoms with E-state index in [2.05, 4.69) is 41.8 Å². The number of aromatic nitrogens is 2. The molecule has 4 heteroatoms. The average Bonchev–Trinajstić information content (AvgIpc) is 2.23. The molecule has 0 N–H and O–H groups in total. The van der Waals surface area contributed by atoms with Crippen molar-refractivity contribution in [3.05, 3.63) is 21.1 Å². The fraction of sp³-hybridized carbons (Fsp3) is 0.600. The Kier molecular flexibility index (Phi) is 3.55. The molecule has 0 aliphatic heterocycles. The molecule has 1 heterocycles. The second kappa shape index (κ2) is 4.71. The van der Waals surface area contributed by atoms with Gasteiger partial charge in [-0.25, -0.2) is 9.97 Å². The second-order valence-corrected chi connectivity index (χ2v) is 5.31. The normalized spacial score (nSPS) is 18.4. The Hall–Kier alpha value is 0.0400. The molecule has 1 fully saturated rings. The standard InChI is InChI=1S/C10H12Br2N2/c11-8-6-13-10(14-9(8)12)7-4-2-1-3-5-7/h6-7H,1-5H2. The van der Waals surface area contributed by atoms with Gasteiger partial charge in [0.25, 0.3) is 0 Å². The van der Waals surface area contributed by atoms with E-state index in [0.29, 0.717) is 5.92 Å². The van der Waals surface area contributed by atoms with Gasteiger partial charge in [-0.2, -0.15) is 0 Å². The van der Waals surface area contributed by atoms with Crippen LogP contribution in [-0.2, 0) is 0 Å². The topological polar surface area (TPSA) is 25.8 Å². The summed E-state index contributed by atoms with van der Waals surface area (Å²) in [6, 6.07) is 0. The summed E-state index contributed by atoms with van der Waals surface area (Å²) in [5.74, 6) is 1.58. The third kappa shape index (κ3) is 2.34. The van der Waals surface area contributed by atoms with Gasteiger partial charge in [0.1, 0.15) is 10.4 Å². The molecule has 0 amide bonds. The first-order valence-electron chi connectivity index (χ1n) is 4.95. The van der Waals surface area contributed by atoms with Crippen LogP contribution in [0.3, 0.4) is 0 Å². The highest BCUT2D eigenvalue weighted by molar-refractivity contribution is 9.13. The molecule has 0 spiro atoms. The van der Waals surface area contributed by atoms with Crippen LogP contribution in [-0.4, -0.2) is 9.97 Å². The van der Waals surface area contributed by atoms with Crippen molar-refractivity contribution in [2.24, 2.45) is 0 Å². The highest BCUT2D eigenvalue weighted by atomic mass is 79.9. The van der Waals surface area contributed by atoms with Crippen LogP contribution < -0.4 is 0 Å². The van der Waals surface area contributed by atoms with Gasteiger partial charge in [0.05, 0.1) is 4.47 Å². The zero-order valence-electron chi connectivity index (χ0n) is 7.84. The van der Waals surface area contributed by atoms with Crippen LogP contribution in [0.1, 0.15) is 43.8 Å². The molecule has 1 aliphatic carbocycles. The minimum atomic E-state index is 0.577. The quantitative estimate of drug-likeness (QED) is 0.730. The van der Waals surface area contributed by atoms with Crippen molar-refractivity contribution >= 4 is 31.9 Å². The minimum Gasteiger partial charge on any atom is -0.240 e. The molecule has 1 saturated carbocycles. The van der Waals surface area contributed by atoms with E-state index in [1.54, 1.807) is 0 Å². The molecule has 2 nitrogen and oxygen atoms in total. The molecular formula is C10H12Br2N2. The van der Waals surface area contributed by atoms with Gasteiger partial charge in [0, 0.05) is 12.1 Å². The van der Waals surface area contributed by atoms with Gasteiger partial charge < -0.3 is 0 Å². The van der Waals surface area contributed by atoms with E-state index >= 15 is 0 Å². The van der Waals surface area contributed by atoms with Crippen molar-refractivity contribution in [3.8, 4) is 0 Å². The van der Waals surface area contributed by atoms with E-state index in [9.17, 15) is 0 Å². The summed E-state index contributed by atoms with van der Waals surface area (Å²) >= 11 is 6.80. The van der Waals surface area contributed by atoms with Crippen molar-refractivity contribution in [1.29, 1.82) is 0 Å². The molecule has 76 valence electrons. The van der Waals surface area contributed by atoms with Crippen LogP contribution >= 0.6 is 31.9 Å². The zero-order valence-corrected chi connectivity index (χ0v) is 11.0. The van der Waals surface area contributed by atoms with E-state index in [0.717, 1.165) is 14.9 Å². The summed E-state index contributed by atoms with van der Waals surface area (Å²) in [7, 11) is 0. The Labute approximate surface area is 101 Å². The van der Waals surface area contributed by atoms with E-state index in [4.69, 9.17) is 0 Å². The molecule has 0 atom stereocenters. The summed E-state index contributed by atoms with van der Waals surface area (Å²) in [5, 5.41) is 0. The van der Waals surface area contributed by atoms with Gasteiger partial charge in [-0.1, -0.05) is 19.3 Å². The van der Waals surface area contributed by atoms with Gasteiger partial charge in [-0.05, 0) is 44.7 Å². The van der Waals surface area contributed by atoms with E-state index < -0.39 is 0 Å². The van der Waals surface area contributed by atoms with Crippen molar-refractivity contribution in [1.82, 2.24) is 9.97 Å². The lowest BCUT2D eigenvalue weighted by atomic mass is 9.89. The molecule has 0 bridgehead atoms. The van der Waals surface area contributed by atoms with E-state index in [1.807, 2.05) is 6.20 Å². The minimum absolute atomic E-state index is 0.577. The van der Waals surface area contributed by atoms with Gasteiger partial charge in [-0.3, -0.25) is 0 Å². The Morgan fingerprint density at radius 3 is 2.50 bits per heavy atom. The second-order valence-electron chi connectivity index (χ2n) is 3.70. The molecule has 1 aromatic rings. The van der Waals surface area contributed by atoms with Gasteiger partial charge in [0.15, 0.2) is 0 Å². The SMILES string of the molecule is Brc1cnc(C2CCCCC2)nc1Br. The third-order valence-electron chi connectivity index (χ3n) is 2.69. The zero-order chi connectivity index (χ0) is 9.97. The van der Waals surface area contributed by atoms with E-state index in [-0.39, 0.29) is 0 Å². The van der Waals surface area contributed by atoms with Crippen LogP contribution in [0, 0.1) is 0 Å². The number of rotatable bonds is 1. The fourth-order valence-electron chi connectivity index (χ4n) is 1.92. The highest BCUT2D eigenvalue weighted by Crippen LogP contribution is 2.31.